The molecule has 0 aromatic heterocycles. The van der Waals surface area contributed by atoms with E-state index in [1.54, 1.807) is 7.05 Å². The van der Waals surface area contributed by atoms with Crippen molar-refractivity contribution in [2.24, 2.45) is 0 Å². The van der Waals surface area contributed by atoms with Gasteiger partial charge in [0.1, 0.15) is 6.29 Å². The van der Waals surface area contributed by atoms with Gasteiger partial charge in [0, 0.05) is 31.4 Å². The van der Waals surface area contributed by atoms with Crippen LogP contribution in [0.15, 0.2) is 18.2 Å². The topological polar surface area (TPSA) is 40.6 Å². The number of nitrogens with zero attached hydrogens (tertiary/aromatic N) is 2. The summed E-state index contributed by atoms with van der Waals surface area (Å²) in [6.07, 6.45) is -4.20. The third-order valence-electron chi connectivity index (χ3n) is 3.26. The number of aldehydes is 1. The SMILES string of the molecule is CN1CCN(c2ccc(C=O)cc2C(F)(F)F)CC1=O. The van der Waals surface area contributed by atoms with Crippen LogP contribution >= 0.6 is 0 Å². The summed E-state index contributed by atoms with van der Waals surface area (Å²) in [5.41, 5.74) is -0.995. The highest BCUT2D eigenvalue weighted by Crippen LogP contribution is 2.37. The molecule has 108 valence electrons. The Labute approximate surface area is 113 Å². The Kier molecular flexibility index (Phi) is 3.69. The molecule has 1 amide bonds. The lowest BCUT2D eigenvalue weighted by molar-refractivity contribution is -0.137. The first-order chi connectivity index (χ1) is 9.32. The summed E-state index contributed by atoms with van der Waals surface area (Å²) < 4.78 is 39.2. The molecule has 1 aliphatic heterocycles. The van der Waals surface area contributed by atoms with Gasteiger partial charge in [-0.1, -0.05) is 0 Å². The zero-order valence-corrected chi connectivity index (χ0v) is 10.8. The highest BCUT2D eigenvalue weighted by Gasteiger charge is 2.36. The molecular weight excluding hydrogens is 273 g/mol. The molecule has 1 aliphatic rings. The van der Waals surface area contributed by atoms with Crippen LogP contribution in [0.25, 0.3) is 0 Å². The Bertz CT molecular complexity index is 543. The fourth-order valence-corrected chi connectivity index (χ4v) is 2.09. The predicted octanol–water partition coefficient (Wildman–Crippen LogP) is 1.80. The quantitative estimate of drug-likeness (QED) is 0.778. The Morgan fingerprint density at radius 2 is 1.95 bits per heavy atom. The van der Waals surface area contributed by atoms with E-state index in [-0.39, 0.29) is 23.7 Å². The van der Waals surface area contributed by atoms with Gasteiger partial charge in [0.25, 0.3) is 0 Å². The maximum Gasteiger partial charge on any atom is 0.418 e. The number of amides is 1. The number of anilines is 1. The maximum atomic E-state index is 13.1. The molecule has 2 rings (SSSR count). The van der Waals surface area contributed by atoms with Gasteiger partial charge >= 0.3 is 6.18 Å². The standard InChI is InChI=1S/C13H13F3N2O2/c1-17-4-5-18(7-12(17)20)11-3-2-9(8-19)6-10(11)13(14,15)16/h2-3,6,8H,4-5,7H2,1H3. The van der Waals surface area contributed by atoms with Crippen LogP contribution in [0.5, 0.6) is 0 Å². The summed E-state index contributed by atoms with van der Waals surface area (Å²) >= 11 is 0. The van der Waals surface area contributed by atoms with E-state index in [1.807, 2.05) is 0 Å². The molecule has 0 unspecified atom stereocenters. The minimum absolute atomic E-state index is 0.0403. The fourth-order valence-electron chi connectivity index (χ4n) is 2.09. The van der Waals surface area contributed by atoms with E-state index >= 15 is 0 Å². The van der Waals surface area contributed by atoms with E-state index in [0.29, 0.717) is 19.4 Å². The van der Waals surface area contributed by atoms with Crippen LogP contribution in [0.2, 0.25) is 0 Å². The van der Waals surface area contributed by atoms with Gasteiger partial charge in [-0.3, -0.25) is 9.59 Å². The highest BCUT2D eigenvalue weighted by molar-refractivity contribution is 5.84. The number of benzene rings is 1. The molecule has 1 aromatic rings. The second-order valence-electron chi connectivity index (χ2n) is 4.63. The molecule has 1 heterocycles. The average molecular weight is 286 g/mol. The van der Waals surface area contributed by atoms with Crippen molar-refractivity contribution in [1.29, 1.82) is 0 Å². The number of hydrogen-bond acceptors (Lipinski definition) is 3. The van der Waals surface area contributed by atoms with Crippen molar-refractivity contribution in [3.8, 4) is 0 Å². The first-order valence-corrected chi connectivity index (χ1v) is 5.98. The van der Waals surface area contributed by atoms with Crippen LogP contribution in [-0.4, -0.2) is 43.8 Å². The fraction of sp³-hybridized carbons (Fsp3) is 0.385. The second-order valence-corrected chi connectivity index (χ2v) is 4.63. The van der Waals surface area contributed by atoms with Crippen molar-refractivity contribution in [3.63, 3.8) is 0 Å². The first-order valence-electron chi connectivity index (χ1n) is 5.98. The van der Waals surface area contributed by atoms with Crippen molar-refractivity contribution in [2.45, 2.75) is 6.18 Å². The third-order valence-corrected chi connectivity index (χ3v) is 3.26. The minimum atomic E-state index is -4.57. The lowest BCUT2D eigenvalue weighted by Crippen LogP contribution is -2.49. The summed E-state index contributed by atoms with van der Waals surface area (Å²) in [5.74, 6) is -0.233. The molecule has 0 radical (unpaired) electrons. The van der Waals surface area contributed by atoms with Crippen molar-refractivity contribution in [3.05, 3.63) is 29.3 Å². The van der Waals surface area contributed by atoms with E-state index in [9.17, 15) is 22.8 Å². The zero-order valence-electron chi connectivity index (χ0n) is 10.8. The van der Waals surface area contributed by atoms with Gasteiger partial charge in [-0.15, -0.1) is 0 Å². The molecule has 0 atom stereocenters. The van der Waals surface area contributed by atoms with E-state index in [0.717, 1.165) is 6.07 Å². The summed E-state index contributed by atoms with van der Waals surface area (Å²) in [5, 5.41) is 0. The molecular formula is C13H13F3N2O2. The van der Waals surface area contributed by atoms with Crippen molar-refractivity contribution in [1.82, 2.24) is 4.90 Å². The smallest absolute Gasteiger partial charge is 0.360 e. The molecule has 0 spiro atoms. The van der Waals surface area contributed by atoms with Crippen molar-refractivity contribution >= 4 is 17.9 Å². The molecule has 7 heteroatoms. The zero-order chi connectivity index (χ0) is 14.9. The number of carbonyl (C=O) groups excluding carboxylic acids is 2. The van der Waals surface area contributed by atoms with E-state index < -0.39 is 11.7 Å². The third kappa shape index (κ3) is 2.76. The van der Waals surface area contributed by atoms with Gasteiger partial charge in [0.2, 0.25) is 5.91 Å². The number of halogens is 3. The van der Waals surface area contributed by atoms with Gasteiger partial charge in [-0.2, -0.15) is 13.2 Å². The predicted molar refractivity (Wildman–Crippen MR) is 66.7 cm³/mol. The molecule has 20 heavy (non-hydrogen) atoms. The number of rotatable bonds is 2. The Hall–Kier alpha value is -2.05. The molecule has 1 aromatic carbocycles. The molecule has 0 bridgehead atoms. The van der Waals surface area contributed by atoms with Crippen molar-refractivity contribution < 1.29 is 22.8 Å². The molecule has 0 N–H and O–H groups in total. The Morgan fingerprint density at radius 3 is 2.50 bits per heavy atom. The van der Waals surface area contributed by atoms with Crippen LogP contribution in [0, 0.1) is 0 Å². The molecule has 0 aliphatic carbocycles. The van der Waals surface area contributed by atoms with E-state index in [2.05, 4.69) is 0 Å². The van der Waals surface area contributed by atoms with Gasteiger partial charge in [-0.05, 0) is 18.2 Å². The van der Waals surface area contributed by atoms with Gasteiger partial charge in [0.05, 0.1) is 12.1 Å². The monoisotopic (exact) mass is 286 g/mol. The molecule has 1 fully saturated rings. The number of hydrogen-bond donors (Lipinski definition) is 0. The Morgan fingerprint density at radius 1 is 1.25 bits per heavy atom. The molecule has 4 nitrogen and oxygen atoms in total. The van der Waals surface area contributed by atoms with Crippen LogP contribution in [0.3, 0.4) is 0 Å². The normalized spacial score (nSPS) is 16.5. The lowest BCUT2D eigenvalue weighted by Gasteiger charge is -2.34. The number of alkyl halides is 3. The van der Waals surface area contributed by atoms with Crippen LogP contribution in [0.4, 0.5) is 18.9 Å². The summed E-state index contributed by atoms with van der Waals surface area (Å²) in [6.45, 7) is 0.595. The lowest BCUT2D eigenvalue weighted by atomic mass is 10.1. The molecule has 0 saturated carbocycles. The van der Waals surface area contributed by atoms with Gasteiger partial charge in [-0.25, -0.2) is 0 Å². The van der Waals surface area contributed by atoms with Crippen LogP contribution in [-0.2, 0) is 11.0 Å². The van der Waals surface area contributed by atoms with E-state index in [1.165, 1.54) is 21.9 Å². The summed E-state index contributed by atoms with van der Waals surface area (Å²) in [6, 6.07) is 3.37. The molecule has 1 saturated heterocycles. The van der Waals surface area contributed by atoms with Gasteiger partial charge in [0.15, 0.2) is 0 Å². The number of likely N-dealkylation sites (N-methyl/N-ethyl adjacent to an activating group) is 1. The van der Waals surface area contributed by atoms with Gasteiger partial charge < -0.3 is 9.80 Å². The summed E-state index contributed by atoms with van der Waals surface area (Å²) in [4.78, 5) is 25.1. The van der Waals surface area contributed by atoms with Crippen LogP contribution < -0.4 is 4.90 Å². The van der Waals surface area contributed by atoms with Crippen LogP contribution in [0.1, 0.15) is 15.9 Å². The minimum Gasteiger partial charge on any atom is -0.360 e. The van der Waals surface area contributed by atoms with E-state index in [4.69, 9.17) is 0 Å². The summed E-state index contributed by atoms with van der Waals surface area (Å²) in [7, 11) is 1.61. The second kappa shape index (κ2) is 5.15. The number of piperazine rings is 1. The highest BCUT2D eigenvalue weighted by atomic mass is 19.4. The average Bonchev–Trinajstić information content (AvgIpc) is 2.40. The van der Waals surface area contributed by atoms with Crippen molar-refractivity contribution in [2.75, 3.05) is 31.6 Å². The Balaban J connectivity index is 2.41. The maximum absolute atomic E-state index is 13.1. The largest absolute Gasteiger partial charge is 0.418 e. The number of carbonyl (C=O) groups is 2. The first kappa shape index (κ1) is 14.4.